The Kier molecular flexibility index (Phi) is 12.1. The SMILES string of the molecule is CCOC(=O)CCCCCCCCC(=O)OCc1ccc(OC)c(I)c1. The van der Waals surface area contributed by atoms with Gasteiger partial charge in [-0.3, -0.25) is 9.59 Å². The Labute approximate surface area is 169 Å². The Bertz CT molecular complexity index is 559. The number of ether oxygens (including phenoxy) is 3. The zero-order chi connectivity index (χ0) is 19.2. The van der Waals surface area contributed by atoms with Gasteiger partial charge in [0.05, 0.1) is 17.3 Å². The summed E-state index contributed by atoms with van der Waals surface area (Å²) in [6.07, 6.45) is 6.87. The molecule has 146 valence electrons. The average Bonchev–Trinajstić information content (AvgIpc) is 2.62. The van der Waals surface area contributed by atoms with E-state index in [0.717, 1.165) is 53.4 Å². The number of methoxy groups -OCH3 is 1. The molecule has 0 radical (unpaired) electrons. The summed E-state index contributed by atoms with van der Waals surface area (Å²) < 4.78 is 16.4. The molecule has 0 fully saturated rings. The van der Waals surface area contributed by atoms with Crippen LogP contribution in [-0.2, 0) is 25.7 Å². The second-order valence-corrected chi connectivity index (χ2v) is 7.22. The number of benzene rings is 1. The van der Waals surface area contributed by atoms with Crippen molar-refractivity contribution < 1.29 is 23.8 Å². The highest BCUT2D eigenvalue weighted by Gasteiger charge is 2.06. The van der Waals surface area contributed by atoms with Crippen molar-refractivity contribution in [3.05, 3.63) is 27.3 Å². The zero-order valence-corrected chi connectivity index (χ0v) is 17.9. The molecule has 0 unspecified atom stereocenters. The van der Waals surface area contributed by atoms with Crippen LogP contribution in [0.15, 0.2) is 18.2 Å². The minimum absolute atomic E-state index is 0.109. The summed E-state index contributed by atoms with van der Waals surface area (Å²) in [5.74, 6) is 0.558. The van der Waals surface area contributed by atoms with Gasteiger partial charge in [0.15, 0.2) is 0 Å². The lowest BCUT2D eigenvalue weighted by Gasteiger charge is -2.08. The molecule has 0 N–H and O–H groups in total. The predicted molar refractivity (Wildman–Crippen MR) is 109 cm³/mol. The van der Waals surface area contributed by atoms with Crippen LogP contribution < -0.4 is 4.74 Å². The van der Waals surface area contributed by atoms with Crippen LogP contribution in [0.5, 0.6) is 5.75 Å². The molecule has 0 aliphatic rings. The second-order valence-electron chi connectivity index (χ2n) is 6.06. The largest absolute Gasteiger partial charge is 0.496 e. The summed E-state index contributed by atoms with van der Waals surface area (Å²) in [7, 11) is 1.64. The van der Waals surface area contributed by atoms with Crippen molar-refractivity contribution in [3.63, 3.8) is 0 Å². The van der Waals surface area contributed by atoms with Gasteiger partial charge in [0.2, 0.25) is 0 Å². The molecule has 5 nitrogen and oxygen atoms in total. The van der Waals surface area contributed by atoms with Crippen molar-refractivity contribution in [1.82, 2.24) is 0 Å². The van der Waals surface area contributed by atoms with E-state index in [1.54, 1.807) is 7.11 Å². The summed E-state index contributed by atoms with van der Waals surface area (Å²) in [6.45, 7) is 2.57. The number of carbonyl (C=O) groups excluding carboxylic acids is 2. The Morgan fingerprint density at radius 2 is 1.50 bits per heavy atom. The van der Waals surface area contributed by atoms with Crippen LogP contribution in [0.25, 0.3) is 0 Å². The Morgan fingerprint density at radius 3 is 2.04 bits per heavy atom. The average molecular weight is 476 g/mol. The Morgan fingerprint density at radius 1 is 0.923 bits per heavy atom. The third-order valence-electron chi connectivity index (χ3n) is 3.93. The molecule has 0 saturated heterocycles. The number of hydrogen-bond acceptors (Lipinski definition) is 5. The number of hydrogen-bond donors (Lipinski definition) is 0. The van der Waals surface area contributed by atoms with Gasteiger partial charge in [-0.2, -0.15) is 0 Å². The van der Waals surface area contributed by atoms with E-state index in [1.165, 1.54) is 0 Å². The van der Waals surface area contributed by atoms with Gasteiger partial charge in [0.1, 0.15) is 12.4 Å². The fourth-order valence-electron chi connectivity index (χ4n) is 2.51. The lowest BCUT2D eigenvalue weighted by Crippen LogP contribution is -2.04. The van der Waals surface area contributed by atoms with Crippen LogP contribution in [0.3, 0.4) is 0 Å². The topological polar surface area (TPSA) is 61.8 Å². The fraction of sp³-hybridized carbons (Fsp3) is 0.600. The van der Waals surface area contributed by atoms with Gasteiger partial charge in [0, 0.05) is 12.8 Å². The molecule has 0 aliphatic heterocycles. The van der Waals surface area contributed by atoms with Crippen molar-refractivity contribution >= 4 is 34.5 Å². The number of halogens is 1. The van der Waals surface area contributed by atoms with Crippen LogP contribution in [0, 0.1) is 3.57 Å². The summed E-state index contributed by atoms with van der Waals surface area (Å²) in [5, 5.41) is 0. The summed E-state index contributed by atoms with van der Waals surface area (Å²) in [5.41, 5.74) is 0.963. The maximum Gasteiger partial charge on any atom is 0.306 e. The van der Waals surface area contributed by atoms with Crippen molar-refractivity contribution in [2.24, 2.45) is 0 Å². The standard InChI is InChI=1S/C20H29IO5/c1-3-25-19(22)10-8-6-4-5-7-9-11-20(23)26-15-16-12-13-18(24-2)17(21)14-16/h12-14H,3-11,15H2,1-2H3. The van der Waals surface area contributed by atoms with Gasteiger partial charge in [-0.25, -0.2) is 0 Å². The van der Waals surface area contributed by atoms with Crippen molar-refractivity contribution in [2.75, 3.05) is 13.7 Å². The Balaban J connectivity index is 2.03. The van der Waals surface area contributed by atoms with Crippen LogP contribution in [0.4, 0.5) is 0 Å². The molecule has 0 amide bonds. The molecular formula is C20H29IO5. The number of esters is 2. The van der Waals surface area contributed by atoms with Gasteiger partial charge >= 0.3 is 11.9 Å². The quantitative estimate of drug-likeness (QED) is 0.227. The number of unbranched alkanes of at least 4 members (excludes halogenated alkanes) is 5. The summed E-state index contributed by atoms with van der Waals surface area (Å²) in [6, 6.07) is 5.75. The minimum Gasteiger partial charge on any atom is -0.496 e. The van der Waals surface area contributed by atoms with Gasteiger partial charge in [-0.15, -0.1) is 0 Å². The monoisotopic (exact) mass is 476 g/mol. The highest BCUT2D eigenvalue weighted by Crippen LogP contribution is 2.22. The van der Waals surface area contributed by atoms with E-state index in [1.807, 2.05) is 25.1 Å². The molecule has 1 aromatic carbocycles. The number of carbonyl (C=O) groups is 2. The van der Waals surface area contributed by atoms with Gasteiger partial charge in [-0.1, -0.05) is 31.7 Å². The van der Waals surface area contributed by atoms with E-state index >= 15 is 0 Å². The second kappa shape index (κ2) is 13.8. The molecule has 0 saturated carbocycles. The first-order chi connectivity index (χ1) is 12.6. The van der Waals surface area contributed by atoms with Crippen LogP contribution in [-0.4, -0.2) is 25.7 Å². The van der Waals surface area contributed by atoms with Crippen molar-refractivity contribution in [1.29, 1.82) is 0 Å². The smallest absolute Gasteiger partial charge is 0.306 e. The Hall–Kier alpha value is -1.31. The molecule has 0 aromatic heterocycles. The summed E-state index contributed by atoms with van der Waals surface area (Å²) in [4.78, 5) is 23.0. The van der Waals surface area contributed by atoms with E-state index in [2.05, 4.69) is 22.6 Å². The third-order valence-corrected chi connectivity index (χ3v) is 4.78. The first kappa shape index (κ1) is 22.7. The molecular weight excluding hydrogens is 447 g/mol. The molecule has 0 bridgehead atoms. The zero-order valence-electron chi connectivity index (χ0n) is 15.7. The minimum atomic E-state index is -0.155. The predicted octanol–water partition coefficient (Wildman–Crippen LogP) is 5.03. The molecule has 1 rings (SSSR count). The molecule has 0 spiro atoms. The van der Waals surface area contributed by atoms with E-state index in [0.29, 0.717) is 26.1 Å². The normalized spacial score (nSPS) is 10.4. The molecule has 0 atom stereocenters. The van der Waals surface area contributed by atoms with Crippen LogP contribution >= 0.6 is 22.6 Å². The van der Waals surface area contributed by atoms with Gasteiger partial charge < -0.3 is 14.2 Å². The highest BCUT2D eigenvalue weighted by molar-refractivity contribution is 14.1. The molecule has 0 heterocycles. The fourth-order valence-corrected chi connectivity index (χ4v) is 3.31. The van der Waals surface area contributed by atoms with E-state index in [-0.39, 0.29) is 11.9 Å². The summed E-state index contributed by atoms with van der Waals surface area (Å²) >= 11 is 2.20. The van der Waals surface area contributed by atoms with Gasteiger partial charge in [-0.05, 0) is 60.1 Å². The maximum absolute atomic E-state index is 11.8. The van der Waals surface area contributed by atoms with E-state index < -0.39 is 0 Å². The lowest BCUT2D eigenvalue weighted by atomic mass is 10.1. The van der Waals surface area contributed by atoms with E-state index in [9.17, 15) is 9.59 Å². The molecule has 0 aliphatic carbocycles. The van der Waals surface area contributed by atoms with Crippen LogP contribution in [0.2, 0.25) is 0 Å². The van der Waals surface area contributed by atoms with Crippen LogP contribution in [0.1, 0.15) is 63.9 Å². The number of rotatable bonds is 13. The maximum atomic E-state index is 11.8. The van der Waals surface area contributed by atoms with Crippen molar-refractivity contribution in [3.8, 4) is 5.75 Å². The molecule has 1 aromatic rings. The lowest BCUT2D eigenvalue weighted by molar-refractivity contribution is -0.145. The van der Waals surface area contributed by atoms with E-state index in [4.69, 9.17) is 14.2 Å². The first-order valence-electron chi connectivity index (χ1n) is 9.20. The molecule has 6 heteroatoms. The van der Waals surface area contributed by atoms with Gasteiger partial charge in [0.25, 0.3) is 0 Å². The first-order valence-corrected chi connectivity index (χ1v) is 10.3. The third kappa shape index (κ3) is 9.99. The highest BCUT2D eigenvalue weighted by atomic mass is 127. The van der Waals surface area contributed by atoms with Crippen molar-refractivity contribution in [2.45, 2.75) is 64.9 Å². The molecule has 26 heavy (non-hydrogen) atoms.